The molecule has 0 saturated carbocycles. The predicted molar refractivity (Wildman–Crippen MR) is 108 cm³/mol. The molecule has 2 unspecified atom stereocenters. The molecule has 0 aliphatic carbocycles. The van der Waals surface area contributed by atoms with Gasteiger partial charge in [0.1, 0.15) is 8.07 Å². The fourth-order valence-corrected chi connectivity index (χ4v) is 10.1. The molecule has 2 atom stereocenters. The first-order chi connectivity index (χ1) is 12.4. The van der Waals surface area contributed by atoms with E-state index in [1.54, 1.807) is 0 Å². The average Bonchev–Trinajstić information content (AvgIpc) is 2.57. The SMILES string of the molecule is CC(C)(C)[Si](CCC1COC1C(=O)O)(c1ccccc1)c1ccccc1. The fraction of sp³-hybridized carbons (Fsp3) is 0.409. The quantitative estimate of drug-likeness (QED) is 0.794. The Hall–Kier alpha value is -1.91. The summed E-state index contributed by atoms with van der Waals surface area (Å²) in [6.07, 6.45) is 0.262. The Morgan fingerprint density at radius 2 is 1.54 bits per heavy atom. The molecule has 1 aliphatic heterocycles. The first-order valence-electron chi connectivity index (χ1n) is 9.32. The second kappa shape index (κ2) is 7.37. The first-order valence-corrected chi connectivity index (χ1v) is 11.5. The summed E-state index contributed by atoms with van der Waals surface area (Å²) in [5.74, 6) is -0.710. The van der Waals surface area contributed by atoms with Crippen molar-refractivity contribution in [3.05, 3.63) is 60.7 Å². The summed E-state index contributed by atoms with van der Waals surface area (Å²) in [6, 6.07) is 22.7. The van der Waals surface area contributed by atoms with Crippen molar-refractivity contribution in [2.24, 2.45) is 5.92 Å². The summed E-state index contributed by atoms with van der Waals surface area (Å²) < 4.78 is 5.28. The van der Waals surface area contributed by atoms with Gasteiger partial charge in [-0.25, -0.2) is 4.79 Å². The Kier molecular flexibility index (Phi) is 5.35. The van der Waals surface area contributed by atoms with Gasteiger partial charge in [-0.2, -0.15) is 0 Å². The Balaban J connectivity index is 2.02. The van der Waals surface area contributed by atoms with Gasteiger partial charge in [-0.1, -0.05) is 91.8 Å². The number of carboxylic acid groups (broad SMARTS) is 1. The van der Waals surface area contributed by atoms with Crippen molar-refractivity contribution < 1.29 is 14.6 Å². The molecule has 0 spiro atoms. The van der Waals surface area contributed by atoms with E-state index in [2.05, 4.69) is 81.4 Å². The first kappa shape index (κ1) is 18.9. The Morgan fingerprint density at radius 1 is 1.04 bits per heavy atom. The molecular weight excluding hydrogens is 340 g/mol. The van der Waals surface area contributed by atoms with Crippen LogP contribution in [0.3, 0.4) is 0 Å². The molecule has 138 valence electrons. The molecule has 1 fully saturated rings. The predicted octanol–water partition coefficient (Wildman–Crippen LogP) is 3.54. The third kappa shape index (κ3) is 3.36. The smallest absolute Gasteiger partial charge is 0.333 e. The number of aliphatic carboxylic acids is 1. The fourth-order valence-electron chi connectivity index (χ4n) is 4.38. The van der Waals surface area contributed by atoms with Crippen LogP contribution in [-0.2, 0) is 9.53 Å². The number of hydrogen-bond donors (Lipinski definition) is 1. The van der Waals surface area contributed by atoms with Gasteiger partial charge >= 0.3 is 5.97 Å². The summed E-state index contributed by atoms with van der Waals surface area (Å²) in [4.78, 5) is 11.3. The van der Waals surface area contributed by atoms with Crippen LogP contribution in [0.5, 0.6) is 0 Å². The van der Waals surface area contributed by atoms with Crippen molar-refractivity contribution in [2.45, 2.75) is 44.4 Å². The van der Waals surface area contributed by atoms with Crippen molar-refractivity contribution in [2.75, 3.05) is 6.61 Å². The van der Waals surface area contributed by atoms with E-state index in [0.717, 1.165) is 12.5 Å². The molecule has 3 rings (SSSR count). The molecule has 2 aromatic carbocycles. The number of ether oxygens (including phenoxy) is 1. The third-order valence-electron chi connectivity index (χ3n) is 5.87. The van der Waals surface area contributed by atoms with Gasteiger partial charge in [0, 0.05) is 5.92 Å². The molecule has 1 aliphatic rings. The summed E-state index contributed by atoms with van der Waals surface area (Å²) in [5.41, 5.74) is 0. The van der Waals surface area contributed by atoms with Crippen molar-refractivity contribution in [3.8, 4) is 0 Å². The van der Waals surface area contributed by atoms with E-state index >= 15 is 0 Å². The van der Waals surface area contributed by atoms with Crippen LogP contribution >= 0.6 is 0 Å². The maximum absolute atomic E-state index is 11.3. The maximum Gasteiger partial charge on any atom is 0.333 e. The zero-order chi connectivity index (χ0) is 18.8. The van der Waals surface area contributed by atoms with Crippen molar-refractivity contribution >= 4 is 24.4 Å². The lowest BCUT2D eigenvalue weighted by atomic mass is 9.95. The van der Waals surface area contributed by atoms with Gasteiger partial charge in [-0.3, -0.25) is 0 Å². The average molecular weight is 369 g/mol. The lowest BCUT2D eigenvalue weighted by Crippen LogP contribution is -2.64. The normalized spacial score (nSPS) is 20.4. The molecule has 0 bridgehead atoms. The molecule has 0 radical (unpaired) electrons. The summed E-state index contributed by atoms with van der Waals surface area (Å²) in [6.45, 7) is 7.58. The van der Waals surface area contributed by atoms with Gasteiger partial charge in [0.05, 0.1) is 6.61 Å². The molecule has 4 heteroatoms. The third-order valence-corrected chi connectivity index (χ3v) is 12.1. The summed E-state index contributed by atoms with van der Waals surface area (Å²) in [7, 11) is -2.11. The highest BCUT2D eigenvalue weighted by Crippen LogP contribution is 2.41. The van der Waals surface area contributed by atoms with E-state index in [1.807, 2.05) is 0 Å². The summed E-state index contributed by atoms with van der Waals surface area (Å²) >= 11 is 0. The van der Waals surface area contributed by atoms with Crippen LogP contribution in [0.4, 0.5) is 0 Å². The van der Waals surface area contributed by atoms with E-state index in [-0.39, 0.29) is 11.0 Å². The van der Waals surface area contributed by atoms with Crippen molar-refractivity contribution in [3.63, 3.8) is 0 Å². The van der Waals surface area contributed by atoms with E-state index in [4.69, 9.17) is 4.74 Å². The van der Waals surface area contributed by atoms with Gasteiger partial charge in [0.2, 0.25) is 0 Å². The van der Waals surface area contributed by atoms with Gasteiger partial charge in [-0.05, 0) is 17.5 Å². The van der Waals surface area contributed by atoms with Crippen LogP contribution in [-0.4, -0.2) is 31.9 Å². The van der Waals surface area contributed by atoms with E-state index in [1.165, 1.54) is 10.4 Å². The highest BCUT2D eigenvalue weighted by molar-refractivity contribution is 7.04. The molecule has 0 aromatic heterocycles. The van der Waals surface area contributed by atoms with Crippen molar-refractivity contribution in [1.82, 2.24) is 0 Å². The second-order valence-electron chi connectivity index (χ2n) is 8.28. The Labute approximate surface area is 157 Å². The molecule has 26 heavy (non-hydrogen) atoms. The highest BCUT2D eigenvalue weighted by atomic mass is 28.3. The number of carbonyl (C=O) groups is 1. The van der Waals surface area contributed by atoms with Gasteiger partial charge in [0.25, 0.3) is 0 Å². The number of benzene rings is 2. The van der Waals surface area contributed by atoms with Crippen LogP contribution in [0.15, 0.2) is 60.7 Å². The second-order valence-corrected chi connectivity index (χ2v) is 13.2. The Morgan fingerprint density at radius 3 is 1.88 bits per heavy atom. The number of carboxylic acids is 1. The van der Waals surface area contributed by atoms with Gasteiger partial charge in [-0.15, -0.1) is 0 Å². The highest BCUT2D eigenvalue weighted by Gasteiger charge is 2.49. The van der Waals surface area contributed by atoms with E-state index in [0.29, 0.717) is 6.61 Å². The standard InChI is InChI=1S/C22H28O3Si/c1-22(2,3)26(18-10-6-4-7-11-18,19-12-8-5-9-13-19)15-14-17-16-25-20(17)21(23)24/h4-13,17,20H,14-16H2,1-3H3,(H,23,24). The zero-order valence-electron chi connectivity index (χ0n) is 15.8. The lowest BCUT2D eigenvalue weighted by molar-refractivity contribution is -0.177. The monoisotopic (exact) mass is 368 g/mol. The van der Waals surface area contributed by atoms with Gasteiger partial charge < -0.3 is 9.84 Å². The molecule has 1 heterocycles. The topological polar surface area (TPSA) is 46.5 Å². The van der Waals surface area contributed by atoms with Crippen LogP contribution in [0.1, 0.15) is 27.2 Å². The lowest BCUT2D eigenvalue weighted by Gasteiger charge is -2.46. The zero-order valence-corrected chi connectivity index (χ0v) is 16.8. The summed E-state index contributed by atoms with van der Waals surface area (Å²) in [5, 5.41) is 12.3. The largest absolute Gasteiger partial charge is 0.479 e. The minimum atomic E-state index is -2.11. The molecule has 1 saturated heterocycles. The number of rotatable bonds is 6. The van der Waals surface area contributed by atoms with Gasteiger partial charge in [0.15, 0.2) is 6.10 Å². The van der Waals surface area contributed by atoms with E-state index < -0.39 is 20.1 Å². The molecular formula is C22H28O3Si. The maximum atomic E-state index is 11.3. The van der Waals surface area contributed by atoms with E-state index in [9.17, 15) is 9.90 Å². The van der Waals surface area contributed by atoms with Crippen LogP contribution in [0, 0.1) is 5.92 Å². The number of hydrogen-bond acceptors (Lipinski definition) is 2. The molecule has 1 N–H and O–H groups in total. The molecule has 3 nitrogen and oxygen atoms in total. The van der Waals surface area contributed by atoms with Crippen molar-refractivity contribution in [1.29, 1.82) is 0 Å². The van der Waals surface area contributed by atoms with Crippen LogP contribution in [0.25, 0.3) is 0 Å². The minimum absolute atomic E-state index is 0.110. The Bertz CT molecular complexity index is 697. The molecule has 2 aromatic rings. The molecule has 0 amide bonds. The van der Waals surface area contributed by atoms with Crippen LogP contribution in [0.2, 0.25) is 11.1 Å². The minimum Gasteiger partial charge on any atom is -0.479 e. The van der Waals surface area contributed by atoms with Crippen LogP contribution < -0.4 is 10.4 Å².